The van der Waals surface area contributed by atoms with Gasteiger partial charge in [0.15, 0.2) is 0 Å². The topological polar surface area (TPSA) is 62.7 Å². The van der Waals surface area contributed by atoms with E-state index in [0.717, 1.165) is 32.5 Å². The van der Waals surface area contributed by atoms with Gasteiger partial charge in [0.25, 0.3) is 5.91 Å². The first-order valence-electron chi connectivity index (χ1n) is 9.17. The van der Waals surface area contributed by atoms with Gasteiger partial charge in [-0.05, 0) is 23.8 Å². The van der Waals surface area contributed by atoms with Gasteiger partial charge in [-0.25, -0.2) is 0 Å². The highest BCUT2D eigenvalue weighted by Crippen LogP contribution is 2.40. The van der Waals surface area contributed by atoms with Gasteiger partial charge in [0.1, 0.15) is 12.3 Å². The number of halogens is 1. The third-order valence-electron chi connectivity index (χ3n) is 4.88. The van der Waals surface area contributed by atoms with Crippen LogP contribution in [0.1, 0.15) is 16.7 Å². The van der Waals surface area contributed by atoms with Crippen LogP contribution in [0.25, 0.3) is 5.57 Å². The fraction of sp³-hybridized carbons (Fsp3) is 0.0435. The number of allylic oxidation sites excluding steroid dienone is 1. The molecule has 1 amide bonds. The molecular formula is C23H16BrN3O2. The van der Waals surface area contributed by atoms with Crippen molar-refractivity contribution in [3.8, 4) is 0 Å². The van der Waals surface area contributed by atoms with Crippen LogP contribution in [0.2, 0.25) is 0 Å². The molecule has 6 heteroatoms. The number of carbonyl (C=O) groups excluding carboxylic acids is 1. The van der Waals surface area contributed by atoms with Crippen LogP contribution in [0.15, 0.2) is 88.1 Å². The number of nitrogens with one attached hydrogen (secondary N) is 2. The molecule has 0 radical (unpaired) electrons. The Balaban J connectivity index is 1.58. The minimum Gasteiger partial charge on any atom is -0.390 e. The summed E-state index contributed by atoms with van der Waals surface area (Å²) in [5, 5.41) is 10.7. The maximum atomic E-state index is 12.8. The number of anilines is 2. The van der Waals surface area contributed by atoms with E-state index in [4.69, 9.17) is 4.84 Å². The predicted octanol–water partition coefficient (Wildman–Crippen LogP) is 5.16. The van der Waals surface area contributed by atoms with E-state index in [-0.39, 0.29) is 5.91 Å². The van der Waals surface area contributed by atoms with E-state index in [1.807, 2.05) is 72.8 Å². The van der Waals surface area contributed by atoms with Crippen molar-refractivity contribution in [2.45, 2.75) is 6.61 Å². The summed E-state index contributed by atoms with van der Waals surface area (Å²) in [6.45, 7) is 0.352. The smallest absolute Gasteiger partial charge is 0.258 e. The molecule has 0 unspecified atom stereocenters. The average molecular weight is 446 g/mol. The first kappa shape index (κ1) is 17.7. The summed E-state index contributed by atoms with van der Waals surface area (Å²) in [6, 6.07) is 23.4. The highest BCUT2D eigenvalue weighted by molar-refractivity contribution is 9.10. The van der Waals surface area contributed by atoms with Crippen molar-refractivity contribution in [3.05, 3.63) is 99.7 Å². The lowest BCUT2D eigenvalue weighted by Crippen LogP contribution is -2.12. The van der Waals surface area contributed by atoms with Gasteiger partial charge < -0.3 is 15.5 Å². The number of carbonyl (C=O) groups is 1. The third-order valence-corrected chi connectivity index (χ3v) is 5.38. The monoisotopic (exact) mass is 445 g/mol. The zero-order chi connectivity index (χ0) is 19.8. The number of hydrogen-bond donors (Lipinski definition) is 2. The first-order valence-corrected chi connectivity index (χ1v) is 9.96. The van der Waals surface area contributed by atoms with Crippen molar-refractivity contribution < 1.29 is 9.63 Å². The van der Waals surface area contributed by atoms with Crippen molar-refractivity contribution in [3.63, 3.8) is 0 Å². The molecule has 142 valence electrons. The van der Waals surface area contributed by atoms with Crippen LogP contribution in [0.4, 0.5) is 11.4 Å². The largest absolute Gasteiger partial charge is 0.390 e. The molecule has 2 aliphatic rings. The zero-order valence-corrected chi connectivity index (χ0v) is 16.9. The van der Waals surface area contributed by atoms with Gasteiger partial charge >= 0.3 is 0 Å². The second-order valence-electron chi connectivity index (χ2n) is 6.76. The minimum absolute atomic E-state index is 0.163. The summed E-state index contributed by atoms with van der Waals surface area (Å²) in [4.78, 5) is 18.5. The molecule has 5 nitrogen and oxygen atoms in total. The van der Waals surface area contributed by atoms with Crippen molar-refractivity contribution in [1.29, 1.82) is 0 Å². The van der Waals surface area contributed by atoms with Gasteiger partial charge in [-0.15, -0.1) is 0 Å². The predicted molar refractivity (Wildman–Crippen MR) is 118 cm³/mol. The Morgan fingerprint density at radius 3 is 2.52 bits per heavy atom. The molecule has 29 heavy (non-hydrogen) atoms. The van der Waals surface area contributed by atoms with Crippen LogP contribution in [0.5, 0.6) is 0 Å². The Kier molecular flexibility index (Phi) is 4.41. The summed E-state index contributed by atoms with van der Waals surface area (Å²) in [5.41, 5.74) is 6.27. The van der Waals surface area contributed by atoms with Crippen LogP contribution in [0, 0.1) is 0 Å². The van der Waals surface area contributed by atoms with Gasteiger partial charge in [-0.3, -0.25) is 4.79 Å². The minimum atomic E-state index is -0.163. The maximum Gasteiger partial charge on any atom is 0.258 e. The Morgan fingerprint density at radius 1 is 0.862 bits per heavy atom. The molecule has 0 saturated carbocycles. The van der Waals surface area contributed by atoms with Crippen molar-refractivity contribution >= 4 is 44.5 Å². The maximum absolute atomic E-state index is 12.8. The van der Waals surface area contributed by atoms with Crippen LogP contribution in [0.3, 0.4) is 0 Å². The number of nitrogens with zero attached hydrogens (tertiary/aromatic N) is 1. The summed E-state index contributed by atoms with van der Waals surface area (Å²) in [6.07, 6.45) is 0. The molecule has 0 aromatic heterocycles. The van der Waals surface area contributed by atoms with Gasteiger partial charge in [0, 0.05) is 21.3 Å². The standard InChI is InChI=1S/C23H16BrN3O2/c24-15-10-11-16-19(12-15)26-23(28)20(16)22-21(17-8-4-5-9-18(17)25-22)27-29-13-14-6-2-1-3-7-14/h1-12,25H,13H2,(H,26,28)/b22-20-,27-21+. The molecule has 0 atom stereocenters. The van der Waals surface area contributed by atoms with E-state index >= 15 is 0 Å². The van der Waals surface area contributed by atoms with Crippen LogP contribution in [-0.4, -0.2) is 11.6 Å². The molecule has 0 saturated heterocycles. The number of amides is 1. The van der Waals surface area contributed by atoms with Crippen LogP contribution in [-0.2, 0) is 16.2 Å². The summed E-state index contributed by atoms with van der Waals surface area (Å²) in [7, 11) is 0. The molecule has 2 aliphatic heterocycles. The summed E-state index contributed by atoms with van der Waals surface area (Å²) < 4.78 is 0.908. The highest BCUT2D eigenvalue weighted by atomic mass is 79.9. The molecule has 5 rings (SSSR count). The molecule has 0 bridgehead atoms. The van der Waals surface area contributed by atoms with E-state index in [1.54, 1.807) is 0 Å². The van der Waals surface area contributed by atoms with Crippen LogP contribution >= 0.6 is 15.9 Å². The Hall–Kier alpha value is -3.38. The molecule has 0 aliphatic carbocycles. The van der Waals surface area contributed by atoms with Gasteiger partial charge in [0.2, 0.25) is 0 Å². The van der Waals surface area contributed by atoms with Crippen molar-refractivity contribution in [2.75, 3.05) is 10.6 Å². The molecule has 3 aromatic rings. The fourth-order valence-electron chi connectivity index (χ4n) is 3.54. The molecule has 2 N–H and O–H groups in total. The number of benzene rings is 3. The number of rotatable bonds is 3. The molecule has 3 aromatic carbocycles. The van der Waals surface area contributed by atoms with Gasteiger partial charge in [0.05, 0.1) is 17.0 Å². The molecule has 0 spiro atoms. The third kappa shape index (κ3) is 3.21. The second-order valence-corrected chi connectivity index (χ2v) is 7.68. The summed E-state index contributed by atoms with van der Waals surface area (Å²) in [5.74, 6) is -0.163. The number of hydrogen-bond acceptors (Lipinski definition) is 4. The fourth-order valence-corrected chi connectivity index (χ4v) is 3.90. The second kappa shape index (κ2) is 7.22. The lowest BCUT2D eigenvalue weighted by Gasteiger charge is -2.07. The van der Waals surface area contributed by atoms with E-state index < -0.39 is 0 Å². The Labute approximate surface area is 176 Å². The quantitative estimate of drug-likeness (QED) is 0.432. The lowest BCUT2D eigenvalue weighted by atomic mass is 10.0. The van der Waals surface area contributed by atoms with E-state index in [9.17, 15) is 4.79 Å². The van der Waals surface area contributed by atoms with Crippen LogP contribution < -0.4 is 10.6 Å². The van der Waals surface area contributed by atoms with Crippen molar-refractivity contribution in [2.24, 2.45) is 5.16 Å². The zero-order valence-electron chi connectivity index (χ0n) is 15.3. The Bertz CT molecular complexity index is 1190. The average Bonchev–Trinajstić information content (AvgIpc) is 3.25. The normalized spacial score (nSPS) is 18.2. The highest BCUT2D eigenvalue weighted by Gasteiger charge is 2.34. The van der Waals surface area contributed by atoms with Gasteiger partial charge in [-0.2, -0.15) is 0 Å². The van der Waals surface area contributed by atoms with E-state index in [1.165, 1.54) is 0 Å². The summed E-state index contributed by atoms with van der Waals surface area (Å²) >= 11 is 3.45. The first-order chi connectivity index (χ1) is 14.2. The SMILES string of the molecule is O=C1Nc2cc(Br)ccc2/C1=C1/Nc2ccccc2/C1=N\OCc1ccccc1. The Morgan fingerprint density at radius 2 is 1.66 bits per heavy atom. The molecular weight excluding hydrogens is 430 g/mol. The molecule has 0 fully saturated rings. The number of para-hydroxylation sites is 1. The van der Waals surface area contributed by atoms with E-state index in [2.05, 4.69) is 31.7 Å². The number of fused-ring (bicyclic) bond motifs is 2. The molecule has 2 heterocycles. The lowest BCUT2D eigenvalue weighted by molar-refractivity contribution is -0.110. The van der Waals surface area contributed by atoms with Gasteiger partial charge in [-0.1, -0.05) is 75.7 Å². The van der Waals surface area contributed by atoms with Crippen molar-refractivity contribution in [1.82, 2.24) is 0 Å². The van der Waals surface area contributed by atoms with E-state index in [0.29, 0.717) is 23.6 Å². The number of oxime groups is 1.